The molecule has 1 heterocycles. The second-order valence-corrected chi connectivity index (χ2v) is 8.00. The molecule has 1 aromatic carbocycles. The van der Waals surface area contributed by atoms with Crippen LogP contribution in [-0.2, 0) is 12.5 Å². The molecule has 1 aliphatic rings. The van der Waals surface area contributed by atoms with Crippen molar-refractivity contribution in [2.45, 2.75) is 32.6 Å². The van der Waals surface area contributed by atoms with E-state index in [1.54, 1.807) is 20.2 Å². The Labute approximate surface area is 163 Å². The molecule has 3 rings (SSSR count). The summed E-state index contributed by atoms with van der Waals surface area (Å²) in [7, 11) is 1.70. The highest BCUT2D eigenvalue weighted by molar-refractivity contribution is 5.54. The van der Waals surface area contributed by atoms with Crippen LogP contribution in [0.15, 0.2) is 47.0 Å². The summed E-state index contributed by atoms with van der Waals surface area (Å²) < 4.78 is 29.1. The van der Waals surface area contributed by atoms with E-state index >= 15 is 0 Å². The Kier molecular flexibility index (Phi) is 5.44. The van der Waals surface area contributed by atoms with Gasteiger partial charge in [0.25, 0.3) is 5.56 Å². The lowest BCUT2D eigenvalue weighted by Gasteiger charge is -2.42. The number of nitrogens with zero attached hydrogens (tertiary/aromatic N) is 1. The first-order chi connectivity index (χ1) is 13.2. The third kappa shape index (κ3) is 3.61. The Balaban J connectivity index is 2.12. The molecule has 0 fully saturated rings. The standard InChI is InChI=1S/C22H26F2N2O2/c1-13-8-20(25-19-6-5-17(23)9-18(19)24)22(3,10-15(13)12-27)16-7-14(2)21(28)26(4)11-16/h5-9,11,13,15,25,27H,10,12H2,1-4H3. The molecule has 0 saturated carbocycles. The Morgan fingerprint density at radius 2 is 2.04 bits per heavy atom. The molecular weight excluding hydrogens is 362 g/mol. The summed E-state index contributed by atoms with van der Waals surface area (Å²) in [6.07, 6.45) is 4.41. The number of pyridine rings is 1. The van der Waals surface area contributed by atoms with E-state index in [9.17, 15) is 18.7 Å². The lowest BCUT2D eigenvalue weighted by Crippen LogP contribution is -2.39. The van der Waals surface area contributed by atoms with Gasteiger partial charge in [0.1, 0.15) is 11.6 Å². The van der Waals surface area contributed by atoms with Crippen molar-refractivity contribution in [3.05, 3.63) is 75.4 Å². The van der Waals surface area contributed by atoms with Crippen molar-refractivity contribution in [2.24, 2.45) is 18.9 Å². The maximum absolute atomic E-state index is 14.3. The van der Waals surface area contributed by atoms with Gasteiger partial charge in [-0.15, -0.1) is 0 Å². The smallest absolute Gasteiger partial charge is 0.253 e. The molecule has 0 aliphatic heterocycles. The first-order valence-electron chi connectivity index (χ1n) is 9.38. The van der Waals surface area contributed by atoms with Crippen molar-refractivity contribution >= 4 is 5.69 Å². The van der Waals surface area contributed by atoms with Crippen LogP contribution < -0.4 is 10.9 Å². The molecule has 0 bridgehead atoms. The van der Waals surface area contributed by atoms with Crippen LogP contribution in [0.1, 0.15) is 31.4 Å². The number of aryl methyl sites for hydroxylation is 2. The lowest BCUT2D eigenvalue weighted by molar-refractivity contribution is 0.162. The molecule has 0 saturated heterocycles. The van der Waals surface area contributed by atoms with Gasteiger partial charge < -0.3 is 15.0 Å². The van der Waals surface area contributed by atoms with Gasteiger partial charge in [0.2, 0.25) is 0 Å². The maximum atomic E-state index is 14.3. The Morgan fingerprint density at radius 3 is 2.64 bits per heavy atom. The number of hydrogen-bond acceptors (Lipinski definition) is 3. The van der Waals surface area contributed by atoms with Crippen LogP contribution in [0.4, 0.5) is 14.5 Å². The minimum Gasteiger partial charge on any atom is -0.396 e. The summed E-state index contributed by atoms with van der Waals surface area (Å²) in [5.74, 6) is -1.19. The summed E-state index contributed by atoms with van der Waals surface area (Å²) in [4.78, 5) is 12.1. The van der Waals surface area contributed by atoms with Crippen molar-refractivity contribution in [3.8, 4) is 0 Å². The van der Waals surface area contributed by atoms with E-state index in [-0.39, 0.29) is 29.7 Å². The van der Waals surface area contributed by atoms with E-state index in [0.717, 1.165) is 17.3 Å². The molecule has 0 radical (unpaired) electrons. The van der Waals surface area contributed by atoms with Gasteiger partial charge in [-0.1, -0.05) is 13.0 Å². The Morgan fingerprint density at radius 1 is 1.32 bits per heavy atom. The van der Waals surface area contributed by atoms with Gasteiger partial charge in [-0.3, -0.25) is 4.79 Å². The number of anilines is 1. The number of rotatable bonds is 4. The van der Waals surface area contributed by atoms with E-state index in [0.29, 0.717) is 12.0 Å². The average Bonchev–Trinajstić information content (AvgIpc) is 2.64. The number of hydrogen-bond donors (Lipinski definition) is 2. The van der Waals surface area contributed by atoms with E-state index in [4.69, 9.17) is 0 Å². The van der Waals surface area contributed by atoms with Gasteiger partial charge in [-0.2, -0.15) is 0 Å². The van der Waals surface area contributed by atoms with Crippen LogP contribution in [-0.4, -0.2) is 16.3 Å². The molecule has 3 unspecified atom stereocenters. The van der Waals surface area contributed by atoms with Gasteiger partial charge in [-0.25, -0.2) is 8.78 Å². The second-order valence-electron chi connectivity index (χ2n) is 8.00. The van der Waals surface area contributed by atoms with Crippen molar-refractivity contribution in [1.82, 2.24) is 4.57 Å². The molecule has 3 atom stereocenters. The third-order valence-electron chi connectivity index (χ3n) is 5.87. The fourth-order valence-electron chi connectivity index (χ4n) is 4.00. The molecule has 2 N–H and O–H groups in total. The summed E-state index contributed by atoms with van der Waals surface area (Å²) in [6.45, 7) is 5.83. The molecule has 6 heteroatoms. The highest BCUT2D eigenvalue weighted by Gasteiger charge is 2.40. The van der Waals surface area contributed by atoms with Crippen LogP contribution in [0.5, 0.6) is 0 Å². The first kappa shape index (κ1) is 20.3. The Bertz CT molecular complexity index is 957. The van der Waals surface area contributed by atoms with E-state index in [2.05, 4.69) is 5.32 Å². The van der Waals surface area contributed by atoms with Gasteiger partial charge in [-0.05, 0) is 55.9 Å². The van der Waals surface area contributed by atoms with Gasteiger partial charge in [0.05, 0.1) is 5.69 Å². The topological polar surface area (TPSA) is 54.3 Å². The summed E-state index contributed by atoms with van der Waals surface area (Å²) in [5, 5.41) is 13.0. The Hall–Kier alpha value is -2.47. The molecule has 28 heavy (non-hydrogen) atoms. The van der Waals surface area contributed by atoms with Gasteiger partial charge in [0, 0.05) is 42.6 Å². The highest BCUT2D eigenvalue weighted by Crippen LogP contribution is 2.44. The predicted molar refractivity (Wildman–Crippen MR) is 106 cm³/mol. The molecule has 0 spiro atoms. The van der Waals surface area contributed by atoms with Crippen LogP contribution in [0.25, 0.3) is 0 Å². The molecule has 2 aromatic rings. The molecule has 1 aliphatic carbocycles. The fourth-order valence-corrected chi connectivity index (χ4v) is 4.00. The molecule has 1 aromatic heterocycles. The van der Waals surface area contributed by atoms with Gasteiger partial charge in [0.15, 0.2) is 0 Å². The number of allylic oxidation sites excluding steroid dienone is 2. The fraction of sp³-hybridized carbons (Fsp3) is 0.409. The zero-order chi connectivity index (χ0) is 20.6. The number of aliphatic hydroxyl groups is 1. The van der Waals surface area contributed by atoms with E-state index in [1.807, 2.05) is 26.0 Å². The predicted octanol–water partition coefficient (Wildman–Crippen LogP) is 3.87. The van der Waals surface area contributed by atoms with E-state index in [1.165, 1.54) is 16.7 Å². The minimum absolute atomic E-state index is 0.0335. The summed E-state index contributed by atoms with van der Waals surface area (Å²) in [6, 6.07) is 5.28. The van der Waals surface area contributed by atoms with Crippen molar-refractivity contribution < 1.29 is 13.9 Å². The van der Waals surface area contributed by atoms with Crippen LogP contribution in [0.2, 0.25) is 0 Å². The monoisotopic (exact) mass is 388 g/mol. The van der Waals surface area contributed by atoms with Crippen molar-refractivity contribution in [1.29, 1.82) is 0 Å². The SMILES string of the molecule is Cc1cc(C2(C)CC(CO)C(C)C=C2Nc2ccc(F)cc2F)cn(C)c1=O. The molecule has 150 valence electrons. The summed E-state index contributed by atoms with van der Waals surface area (Å²) >= 11 is 0. The normalized spacial score (nSPS) is 24.8. The first-order valence-corrected chi connectivity index (χ1v) is 9.38. The molecular formula is C22H26F2N2O2. The molecule has 4 nitrogen and oxygen atoms in total. The third-order valence-corrected chi connectivity index (χ3v) is 5.87. The second kappa shape index (κ2) is 7.51. The van der Waals surface area contributed by atoms with Gasteiger partial charge >= 0.3 is 0 Å². The van der Waals surface area contributed by atoms with E-state index < -0.39 is 17.0 Å². The summed E-state index contributed by atoms with van der Waals surface area (Å²) in [5.41, 5.74) is 1.84. The van der Waals surface area contributed by atoms with Crippen LogP contribution in [0.3, 0.4) is 0 Å². The quantitative estimate of drug-likeness (QED) is 0.836. The minimum atomic E-state index is -0.670. The maximum Gasteiger partial charge on any atom is 0.253 e. The molecule has 0 amide bonds. The largest absolute Gasteiger partial charge is 0.396 e. The lowest BCUT2D eigenvalue weighted by atomic mass is 9.66. The number of aliphatic hydroxyl groups excluding tert-OH is 1. The zero-order valence-electron chi connectivity index (χ0n) is 16.6. The number of benzene rings is 1. The van der Waals surface area contributed by atoms with Crippen molar-refractivity contribution in [3.63, 3.8) is 0 Å². The highest BCUT2D eigenvalue weighted by atomic mass is 19.1. The number of halogens is 2. The zero-order valence-corrected chi connectivity index (χ0v) is 16.6. The number of nitrogens with one attached hydrogen (secondary N) is 1. The van der Waals surface area contributed by atoms with Crippen molar-refractivity contribution in [2.75, 3.05) is 11.9 Å². The van der Waals surface area contributed by atoms with Crippen LogP contribution >= 0.6 is 0 Å². The van der Waals surface area contributed by atoms with Crippen LogP contribution in [0, 0.1) is 30.4 Å². The number of aromatic nitrogens is 1. The average molecular weight is 388 g/mol.